The second kappa shape index (κ2) is 7.16. The van der Waals surface area contributed by atoms with Crippen molar-refractivity contribution in [2.24, 2.45) is 0 Å². The minimum absolute atomic E-state index is 0.289. The molecule has 0 N–H and O–H groups in total. The summed E-state index contributed by atoms with van der Waals surface area (Å²) in [6.45, 7) is 0. The van der Waals surface area contributed by atoms with Crippen LogP contribution < -0.4 is 0 Å². The maximum absolute atomic E-state index is 13.1. The van der Waals surface area contributed by atoms with Crippen LogP contribution in [0.15, 0.2) is 94.3 Å². The molecular formula is C20H15BrO2S. The quantitative estimate of drug-likeness (QED) is 0.549. The van der Waals surface area contributed by atoms with Crippen molar-refractivity contribution in [2.75, 3.05) is 0 Å². The lowest BCUT2D eigenvalue weighted by atomic mass is 10.1. The number of hydrogen-bond donors (Lipinski definition) is 0. The Labute approximate surface area is 150 Å². The average Bonchev–Trinajstić information content (AvgIpc) is 2.62. The van der Waals surface area contributed by atoms with Crippen LogP contribution in [0.2, 0.25) is 0 Å². The molecular weight excluding hydrogens is 384 g/mol. The van der Waals surface area contributed by atoms with Crippen molar-refractivity contribution in [2.45, 2.75) is 4.90 Å². The van der Waals surface area contributed by atoms with Gasteiger partial charge in [0.25, 0.3) is 0 Å². The van der Waals surface area contributed by atoms with Crippen molar-refractivity contribution in [3.63, 3.8) is 0 Å². The highest BCUT2D eigenvalue weighted by Crippen LogP contribution is 2.30. The van der Waals surface area contributed by atoms with Crippen molar-refractivity contribution < 1.29 is 8.42 Å². The van der Waals surface area contributed by atoms with Crippen LogP contribution in [-0.2, 0) is 9.84 Å². The highest BCUT2D eigenvalue weighted by atomic mass is 79.9. The number of halogens is 1. The summed E-state index contributed by atoms with van der Waals surface area (Å²) in [5, 5.41) is 0. The molecule has 2 nitrogen and oxygen atoms in total. The first-order valence-corrected chi connectivity index (χ1v) is 9.68. The van der Waals surface area contributed by atoms with E-state index in [1.54, 1.807) is 36.4 Å². The molecule has 0 bridgehead atoms. The van der Waals surface area contributed by atoms with Crippen LogP contribution in [0.3, 0.4) is 0 Å². The Kier molecular flexibility index (Phi) is 4.97. The molecule has 0 heterocycles. The second-order valence-corrected chi connectivity index (χ2v) is 8.08. The van der Waals surface area contributed by atoms with Crippen LogP contribution >= 0.6 is 15.9 Å². The zero-order valence-corrected chi connectivity index (χ0v) is 15.2. The van der Waals surface area contributed by atoms with Gasteiger partial charge in [0, 0.05) is 4.47 Å². The number of hydrogen-bond acceptors (Lipinski definition) is 2. The standard InChI is InChI=1S/C20H15BrO2S/c21-18-13-11-16(12-14-18)15-20(17-7-3-1-4-8-17)24(22,23)19-9-5-2-6-10-19/h1-15H/b20-15+. The minimum atomic E-state index is -3.61. The lowest BCUT2D eigenvalue weighted by molar-refractivity contribution is 0.606. The number of sulfone groups is 1. The van der Waals surface area contributed by atoms with Crippen LogP contribution in [0.5, 0.6) is 0 Å². The SMILES string of the molecule is O=S(=O)(/C(=C/c1ccc(Br)cc1)c1ccccc1)c1ccccc1. The first kappa shape index (κ1) is 16.7. The summed E-state index contributed by atoms with van der Waals surface area (Å²) in [6.07, 6.45) is 1.71. The maximum Gasteiger partial charge on any atom is 0.207 e. The van der Waals surface area contributed by atoms with Crippen LogP contribution in [-0.4, -0.2) is 8.42 Å². The highest BCUT2D eigenvalue weighted by Gasteiger charge is 2.22. The molecule has 0 spiro atoms. The van der Waals surface area contributed by atoms with Crippen LogP contribution in [0.1, 0.15) is 11.1 Å². The highest BCUT2D eigenvalue weighted by molar-refractivity contribution is 9.10. The zero-order chi connectivity index (χ0) is 17.0. The Bertz CT molecular complexity index is 946. The smallest absolute Gasteiger partial charge is 0.207 e. The second-order valence-electron chi connectivity index (χ2n) is 5.24. The van der Waals surface area contributed by atoms with Gasteiger partial charge in [-0.2, -0.15) is 0 Å². The van der Waals surface area contributed by atoms with E-state index in [4.69, 9.17) is 0 Å². The van der Waals surface area contributed by atoms with E-state index in [2.05, 4.69) is 15.9 Å². The largest absolute Gasteiger partial charge is 0.218 e. The third-order valence-electron chi connectivity index (χ3n) is 3.57. The van der Waals surface area contributed by atoms with Crippen LogP contribution in [0, 0.1) is 0 Å². The van der Waals surface area contributed by atoms with Gasteiger partial charge in [-0.15, -0.1) is 0 Å². The maximum atomic E-state index is 13.1. The minimum Gasteiger partial charge on any atom is -0.218 e. The predicted octanol–water partition coefficient (Wildman–Crippen LogP) is 5.42. The molecule has 0 fully saturated rings. The van der Waals surface area contributed by atoms with E-state index in [9.17, 15) is 8.42 Å². The monoisotopic (exact) mass is 398 g/mol. The van der Waals surface area contributed by atoms with Gasteiger partial charge in [0.2, 0.25) is 9.84 Å². The Balaban J connectivity index is 2.18. The topological polar surface area (TPSA) is 34.1 Å². The van der Waals surface area contributed by atoms with E-state index in [0.717, 1.165) is 10.0 Å². The molecule has 0 unspecified atom stereocenters. The third kappa shape index (κ3) is 3.66. The molecule has 0 aliphatic rings. The molecule has 120 valence electrons. The molecule has 3 aromatic carbocycles. The molecule has 0 aliphatic carbocycles. The van der Waals surface area contributed by atoms with Crippen molar-refractivity contribution in [1.29, 1.82) is 0 Å². The van der Waals surface area contributed by atoms with Gasteiger partial charge in [-0.3, -0.25) is 0 Å². The predicted molar refractivity (Wildman–Crippen MR) is 102 cm³/mol. The molecule has 0 aliphatic heterocycles. The molecule has 0 amide bonds. The summed E-state index contributed by atoms with van der Waals surface area (Å²) in [4.78, 5) is 0.578. The van der Waals surface area contributed by atoms with Gasteiger partial charge in [-0.1, -0.05) is 76.6 Å². The third-order valence-corrected chi connectivity index (χ3v) is 5.92. The lowest BCUT2D eigenvalue weighted by Gasteiger charge is -2.10. The first-order valence-electron chi connectivity index (χ1n) is 7.40. The summed E-state index contributed by atoms with van der Waals surface area (Å²) in [5.74, 6) is 0. The molecule has 3 aromatic rings. The van der Waals surface area contributed by atoms with Crippen molar-refractivity contribution >= 4 is 36.7 Å². The van der Waals surface area contributed by atoms with Crippen molar-refractivity contribution in [3.05, 3.63) is 101 Å². The van der Waals surface area contributed by atoms with Crippen molar-refractivity contribution in [1.82, 2.24) is 0 Å². The zero-order valence-electron chi connectivity index (χ0n) is 12.8. The number of rotatable bonds is 4. The molecule has 0 radical (unpaired) electrons. The van der Waals surface area contributed by atoms with Gasteiger partial charge in [0.15, 0.2) is 0 Å². The number of benzene rings is 3. The Morgan fingerprint density at radius 1 is 0.750 bits per heavy atom. The summed E-state index contributed by atoms with van der Waals surface area (Å²) in [5.41, 5.74) is 1.50. The fourth-order valence-corrected chi connectivity index (χ4v) is 4.13. The summed E-state index contributed by atoms with van der Waals surface area (Å²) < 4.78 is 27.2. The fourth-order valence-electron chi connectivity index (χ4n) is 2.36. The summed E-state index contributed by atoms with van der Waals surface area (Å²) in [6, 6.07) is 25.2. The van der Waals surface area contributed by atoms with Gasteiger partial charge in [0.1, 0.15) is 0 Å². The summed E-state index contributed by atoms with van der Waals surface area (Å²) in [7, 11) is -3.61. The Morgan fingerprint density at radius 3 is 1.88 bits per heavy atom. The van der Waals surface area contributed by atoms with E-state index in [-0.39, 0.29) is 9.80 Å². The normalized spacial score (nSPS) is 12.1. The average molecular weight is 399 g/mol. The van der Waals surface area contributed by atoms with E-state index in [1.165, 1.54) is 0 Å². The Hall–Kier alpha value is -2.17. The van der Waals surface area contributed by atoms with E-state index in [0.29, 0.717) is 5.56 Å². The molecule has 0 saturated heterocycles. The molecule has 24 heavy (non-hydrogen) atoms. The van der Waals surface area contributed by atoms with E-state index < -0.39 is 9.84 Å². The molecule has 3 rings (SSSR count). The van der Waals surface area contributed by atoms with Crippen molar-refractivity contribution in [3.8, 4) is 0 Å². The lowest BCUT2D eigenvalue weighted by Crippen LogP contribution is -2.04. The van der Waals surface area contributed by atoms with Gasteiger partial charge in [-0.25, -0.2) is 8.42 Å². The van der Waals surface area contributed by atoms with Crippen LogP contribution in [0.25, 0.3) is 11.0 Å². The molecule has 0 atom stereocenters. The van der Waals surface area contributed by atoms with E-state index >= 15 is 0 Å². The molecule has 4 heteroatoms. The molecule has 0 aromatic heterocycles. The summed E-state index contributed by atoms with van der Waals surface area (Å²) >= 11 is 3.39. The van der Waals surface area contributed by atoms with Crippen LogP contribution in [0.4, 0.5) is 0 Å². The van der Waals surface area contributed by atoms with Gasteiger partial charge in [0.05, 0.1) is 9.80 Å². The van der Waals surface area contributed by atoms with E-state index in [1.807, 2.05) is 54.6 Å². The van der Waals surface area contributed by atoms with Gasteiger partial charge < -0.3 is 0 Å². The fraction of sp³-hybridized carbons (Fsp3) is 0. The molecule has 0 saturated carbocycles. The van der Waals surface area contributed by atoms with Gasteiger partial charge in [-0.05, 0) is 41.5 Å². The Morgan fingerprint density at radius 2 is 1.29 bits per heavy atom. The first-order chi connectivity index (χ1) is 11.6. The van der Waals surface area contributed by atoms with Gasteiger partial charge >= 0.3 is 0 Å².